The van der Waals surface area contributed by atoms with Gasteiger partial charge in [0.05, 0.1) is 7.11 Å². The second-order valence-electron chi connectivity index (χ2n) is 4.93. The normalized spacial score (nSPS) is 26.5. The lowest BCUT2D eigenvalue weighted by molar-refractivity contribution is 0.00580. The van der Waals surface area contributed by atoms with Gasteiger partial charge in [-0.2, -0.15) is 0 Å². The number of likely N-dealkylation sites (N-methyl/N-ethyl adjacent to an activating group) is 1. The summed E-state index contributed by atoms with van der Waals surface area (Å²) in [4.78, 5) is 2.19. The fourth-order valence-corrected chi connectivity index (χ4v) is 2.65. The molecule has 0 spiro atoms. The van der Waals surface area contributed by atoms with Crippen molar-refractivity contribution in [3.05, 3.63) is 29.8 Å². The van der Waals surface area contributed by atoms with Crippen molar-refractivity contribution in [3.63, 3.8) is 0 Å². The highest BCUT2D eigenvalue weighted by Gasteiger charge is 2.34. The summed E-state index contributed by atoms with van der Waals surface area (Å²) in [6.45, 7) is 1.73. The number of rotatable bonds is 2. The number of hydrogen-bond acceptors (Lipinski definition) is 3. The van der Waals surface area contributed by atoms with Crippen molar-refractivity contribution in [2.75, 3.05) is 27.2 Å². The first-order valence-electron chi connectivity index (χ1n) is 6.20. The molecule has 0 amide bonds. The number of hydrogen-bond donors (Lipinski definition) is 1. The zero-order valence-corrected chi connectivity index (χ0v) is 10.6. The minimum Gasteiger partial charge on any atom is -0.496 e. The first-order valence-corrected chi connectivity index (χ1v) is 6.20. The monoisotopic (exact) mass is 235 g/mol. The van der Waals surface area contributed by atoms with Crippen molar-refractivity contribution in [1.82, 2.24) is 4.90 Å². The summed E-state index contributed by atoms with van der Waals surface area (Å²) in [5.41, 5.74) is 0.133. The lowest BCUT2D eigenvalue weighted by atomic mass is 9.88. The van der Waals surface area contributed by atoms with Crippen LogP contribution in [0.15, 0.2) is 24.3 Å². The Morgan fingerprint density at radius 2 is 2.06 bits per heavy atom. The number of aliphatic hydroxyl groups is 1. The lowest BCUT2D eigenvalue weighted by Gasteiger charge is -2.31. The van der Waals surface area contributed by atoms with Crippen molar-refractivity contribution < 1.29 is 9.84 Å². The fourth-order valence-electron chi connectivity index (χ4n) is 2.65. The lowest BCUT2D eigenvalue weighted by Crippen LogP contribution is -2.37. The van der Waals surface area contributed by atoms with Gasteiger partial charge in [-0.15, -0.1) is 0 Å². The van der Waals surface area contributed by atoms with E-state index in [1.54, 1.807) is 7.11 Å². The van der Waals surface area contributed by atoms with Crippen LogP contribution < -0.4 is 4.74 Å². The molecule has 1 aromatic carbocycles. The predicted molar refractivity (Wildman–Crippen MR) is 68.2 cm³/mol. The molecule has 1 saturated heterocycles. The molecular weight excluding hydrogens is 214 g/mol. The molecule has 3 nitrogen and oxygen atoms in total. The number of ether oxygens (including phenoxy) is 1. The molecule has 1 aliphatic heterocycles. The molecule has 0 aromatic heterocycles. The number of methoxy groups -OCH3 is 1. The van der Waals surface area contributed by atoms with Crippen LogP contribution >= 0.6 is 0 Å². The molecule has 0 saturated carbocycles. The van der Waals surface area contributed by atoms with Crippen LogP contribution in [0.4, 0.5) is 0 Å². The van der Waals surface area contributed by atoms with Gasteiger partial charge < -0.3 is 14.7 Å². The van der Waals surface area contributed by atoms with Gasteiger partial charge in [-0.1, -0.05) is 18.2 Å². The van der Waals surface area contributed by atoms with Crippen LogP contribution in [-0.4, -0.2) is 37.3 Å². The van der Waals surface area contributed by atoms with E-state index in [2.05, 4.69) is 11.9 Å². The van der Waals surface area contributed by atoms with E-state index in [9.17, 15) is 5.11 Å². The Labute approximate surface area is 103 Å². The van der Waals surface area contributed by atoms with Gasteiger partial charge in [-0.3, -0.25) is 0 Å². The Bertz CT molecular complexity index is 380. The summed E-state index contributed by atoms with van der Waals surface area (Å²) in [7, 11) is 3.72. The third kappa shape index (κ3) is 2.61. The highest BCUT2D eigenvalue weighted by Crippen LogP contribution is 2.35. The Hall–Kier alpha value is -1.06. The summed E-state index contributed by atoms with van der Waals surface area (Å²) >= 11 is 0. The van der Waals surface area contributed by atoms with Crippen molar-refractivity contribution in [1.29, 1.82) is 0 Å². The molecule has 0 radical (unpaired) electrons. The van der Waals surface area contributed by atoms with E-state index in [4.69, 9.17) is 4.74 Å². The van der Waals surface area contributed by atoms with Crippen molar-refractivity contribution in [2.45, 2.75) is 24.9 Å². The molecule has 1 atom stereocenters. The molecule has 0 bridgehead atoms. The standard InChI is InChI=1S/C14H21NO2/c1-15-10-6-5-9-14(16,11-15)12-7-3-4-8-13(12)17-2/h3-4,7-8,16H,5-6,9-11H2,1-2H3. The molecule has 2 rings (SSSR count). The Kier molecular flexibility index (Phi) is 3.69. The highest BCUT2D eigenvalue weighted by molar-refractivity contribution is 5.38. The third-order valence-electron chi connectivity index (χ3n) is 3.52. The van der Waals surface area contributed by atoms with Crippen LogP contribution in [0.2, 0.25) is 0 Å². The van der Waals surface area contributed by atoms with E-state index in [0.29, 0.717) is 6.54 Å². The maximum atomic E-state index is 10.9. The quantitative estimate of drug-likeness (QED) is 0.851. The van der Waals surface area contributed by atoms with Gasteiger partial charge in [0.25, 0.3) is 0 Å². The summed E-state index contributed by atoms with van der Waals surface area (Å²) < 4.78 is 5.36. The van der Waals surface area contributed by atoms with E-state index >= 15 is 0 Å². The van der Waals surface area contributed by atoms with Gasteiger partial charge in [0, 0.05) is 12.1 Å². The number of likely N-dealkylation sites (tertiary alicyclic amines) is 1. The largest absolute Gasteiger partial charge is 0.496 e. The van der Waals surface area contributed by atoms with Gasteiger partial charge in [-0.25, -0.2) is 0 Å². The molecule has 1 fully saturated rings. The zero-order chi connectivity index (χ0) is 12.3. The Morgan fingerprint density at radius 1 is 1.29 bits per heavy atom. The summed E-state index contributed by atoms with van der Waals surface area (Å²) in [6.07, 6.45) is 3.00. The van der Waals surface area contributed by atoms with Gasteiger partial charge in [0.2, 0.25) is 0 Å². The van der Waals surface area contributed by atoms with E-state index in [1.807, 2.05) is 24.3 Å². The van der Waals surface area contributed by atoms with Crippen molar-refractivity contribution >= 4 is 0 Å². The van der Waals surface area contributed by atoms with Crippen LogP contribution in [0.3, 0.4) is 0 Å². The maximum absolute atomic E-state index is 10.9. The number of para-hydroxylation sites is 1. The molecule has 1 unspecified atom stereocenters. The summed E-state index contributed by atoms with van der Waals surface area (Å²) in [5.74, 6) is 0.783. The molecule has 1 aromatic rings. The molecule has 1 heterocycles. The number of β-amino-alcohol motifs (C(OH)–C–C–N with tert-alkyl or cyclic N) is 1. The zero-order valence-electron chi connectivity index (χ0n) is 10.6. The molecule has 0 aliphatic carbocycles. The van der Waals surface area contributed by atoms with E-state index in [0.717, 1.165) is 37.1 Å². The van der Waals surface area contributed by atoms with Gasteiger partial charge in [0.1, 0.15) is 11.4 Å². The van der Waals surface area contributed by atoms with Crippen molar-refractivity contribution in [2.24, 2.45) is 0 Å². The molecule has 94 valence electrons. The van der Waals surface area contributed by atoms with Crippen molar-refractivity contribution in [3.8, 4) is 5.75 Å². The second kappa shape index (κ2) is 5.07. The van der Waals surface area contributed by atoms with E-state index < -0.39 is 5.60 Å². The van der Waals surface area contributed by atoms with E-state index in [-0.39, 0.29) is 0 Å². The molecule has 3 heteroatoms. The van der Waals surface area contributed by atoms with Crippen LogP contribution in [0.1, 0.15) is 24.8 Å². The first kappa shape index (κ1) is 12.4. The fraction of sp³-hybridized carbons (Fsp3) is 0.571. The van der Waals surface area contributed by atoms with E-state index in [1.165, 1.54) is 0 Å². The van der Waals surface area contributed by atoms with Crippen LogP contribution in [-0.2, 0) is 5.60 Å². The predicted octanol–water partition coefficient (Wildman–Crippen LogP) is 2.00. The minimum atomic E-state index is -0.780. The molecule has 1 aliphatic rings. The number of nitrogens with zero attached hydrogens (tertiary/aromatic N) is 1. The second-order valence-corrected chi connectivity index (χ2v) is 4.93. The Morgan fingerprint density at radius 3 is 2.82 bits per heavy atom. The molecular formula is C14H21NO2. The van der Waals surface area contributed by atoms with Crippen LogP contribution in [0, 0.1) is 0 Å². The Balaban J connectivity index is 2.34. The maximum Gasteiger partial charge on any atom is 0.124 e. The van der Waals surface area contributed by atoms with Gasteiger partial charge in [0.15, 0.2) is 0 Å². The average molecular weight is 235 g/mol. The van der Waals surface area contributed by atoms with Gasteiger partial charge >= 0.3 is 0 Å². The van der Waals surface area contributed by atoms with Crippen LogP contribution in [0.5, 0.6) is 5.75 Å². The van der Waals surface area contributed by atoms with Gasteiger partial charge in [-0.05, 0) is 38.9 Å². The smallest absolute Gasteiger partial charge is 0.124 e. The number of benzene rings is 1. The molecule has 17 heavy (non-hydrogen) atoms. The SMILES string of the molecule is COc1ccccc1C1(O)CCCCN(C)C1. The highest BCUT2D eigenvalue weighted by atomic mass is 16.5. The summed E-state index contributed by atoms with van der Waals surface area (Å²) in [6, 6.07) is 7.78. The topological polar surface area (TPSA) is 32.7 Å². The first-order chi connectivity index (χ1) is 8.15. The summed E-state index contributed by atoms with van der Waals surface area (Å²) in [5, 5.41) is 10.9. The average Bonchev–Trinajstić information content (AvgIpc) is 2.51. The molecule has 1 N–H and O–H groups in total. The van der Waals surface area contributed by atoms with Crippen LogP contribution in [0.25, 0.3) is 0 Å². The third-order valence-corrected chi connectivity index (χ3v) is 3.52. The minimum absolute atomic E-state index is 0.674.